The van der Waals surface area contributed by atoms with Gasteiger partial charge in [0.15, 0.2) is 0 Å². The first-order valence-corrected chi connectivity index (χ1v) is 13.9. The molecule has 2 aromatic heterocycles. The molecule has 2 amide bonds. The number of hydrogen-bond donors (Lipinski definition) is 2. The third-order valence-electron chi connectivity index (χ3n) is 7.40. The molecule has 0 aliphatic carbocycles. The number of esters is 1. The van der Waals surface area contributed by atoms with Crippen molar-refractivity contribution in [1.82, 2.24) is 20.2 Å². The van der Waals surface area contributed by atoms with Gasteiger partial charge in [0.2, 0.25) is 5.91 Å². The standard InChI is InChI=1S/C29H41BN4O7/c1-9-39-24(35)15-22(19-14-20(17-31-16-19)30-40-28(4,5)29(6,7)41-30)32-26(37)23(13-18(2)3)33-25(36)21-11-10-12-34(8)27(21)38/h10-12,14,16-18,22-23H,9,13,15H2,1-8H3,(H,32,37)(H,33,36)/t22-,23-/m0/s1. The molecule has 1 fully saturated rings. The lowest BCUT2D eigenvalue weighted by Gasteiger charge is -2.32. The van der Waals surface area contributed by atoms with Gasteiger partial charge in [0, 0.05) is 31.1 Å². The quantitative estimate of drug-likeness (QED) is 0.310. The van der Waals surface area contributed by atoms with Crippen molar-refractivity contribution in [2.24, 2.45) is 13.0 Å². The molecule has 0 unspecified atom stereocenters. The molecule has 1 aliphatic rings. The summed E-state index contributed by atoms with van der Waals surface area (Å²) in [5.74, 6) is -1.62. The van der Waals surface area contributed by atoms with Gasteiger partial charge in [-0.1, -0.05) is 19.9 Å². The van der Waals surface area contributed by atoms with E-state index >= 15 is 0 Å². The monoisotopic (exact) mass is 568 g/mol. The molecule has 1 saturated heterocycles. The van der Waals surface area contributed by atoms with E-state index in [1.54, 1.807) is 44.7 Å². The van der Waals surface area contributed by atoms with Crippen LogP contribution in [0.5, 0.6) is 0 Å². The number of nitrogens with one attached hydrogen (secondary N) is 2. The first-order valence-electron chi connectivity index (χ1n) is 13.9. The van der Waals surface area contributed by atoms with Crippen molar-refractivity contribution in [3.63, 3.8) is 0 Å². The molecule has 2 aromatic rings. The molecule has 41 heavy (non-hydrogen) atoms. The second kappa shape index (κ2) is 13.0. The van der Waals surface area contributed by atoms with Crippen molar-refractivity contribution in [2.75, 3.05) is 6.61 Å². The molecule has 1 aliphatic heterocycles. The molecule has 0 bridgehead atoms. The lowest BCUT2D eigenvalue weighted by molar-refractivity contribution is -0.143. The van der Waals surface area contributed by atoms with Crippen LogP contribution in [0, 0.1) is 5.92 Å². The van der Waals surface area contributed by atoms with Crippen LogP contribution in [0.2, 0.25) is 0 Å². The number of rotatable bonds is 11. The fraction of sp³-hybridized carbons (Fsp3) is 0.552. The zero-order valence-corrected chi connectivity index (χ0v) is 25.1. The average Bonchev–Trinajstić information content (AvgIpc) is 3.11. The minimum absolute atomic E-state index is 0.0431. The highest BCUT2D eigenvalue weighted by molar-refractivity contribution is 6.62. The summed E-state index contributed by atoms with van der Waals surface area (Å²) in [6, 6.07) is 3.01. The SMILES string of the molecule is CCOC(=O)C[C@H](NC(=O)[C@H](CC(C)C)NC(=O)c1cccn(C)c1=O)c1cncc(B2OC(C)(C)C(C)(C)O2)c1. The fourth-order valence-corrected chi connectivity index (χ4v) is 4.40. The summed E-state index contributed by atoms with van der Waals surface area (Å²) in [5.41, 5.74) is -0.484. The molecule has 2 atom stereocenters. The highest BCUT2D eigenvalue weighted by Gasteiger charge is 2.52. The average molecular weight is 568 g/mol. The predicted octanol–water partition coefficient (Wildman–Crippen LogP) is 2.03. The third-order valence-corrected chi connectivity index (χ3v) is 7.40. The number of carbonyl (C=O) groups excluding carboxylic acids is 3. The Balaban J connectivity index is 1.88. The molecule has 2 N–H and O–H groups in total. The largest absolute Gasteiger partial charge is 0.496 e. The maximum Gasteiger partial charge on any atom is 0.496 e. The Bertz CT molecular complexity index is 1310. The molecule has 3 heterocycles. The maximum atomic E-state index is 13.6. The molecule has 0 aromatic carbocycles. The molecule has 0 radical (unpaired) electrons. The van der Waals surface area contributed by atoms with Gasteiger partial charge in [-0.15, -0.1) is 0 Å². The van der Waals surface area contributed by atoms with Crippen LogP contribution in [0.4, 0.5) is 0 Å². The van der Waals surface area contributed by atoms with Crippen LogP contribution in [0.1, 0.15) is 83.3 Å². The van der Waals surface area contributed by atoms with Gasteiger partial charge < -0.3 is 29.2 Å². The summed E-state index contributed by atoms with van der Waals surface area (Å²) in [7, 11) is 0.858. The summed E-state index contributed by atoms with van der Waals surface area (Å²) in [5, 5.41) is 5.61. The minimum atomic E-state index is -0.962. The lowest BCUT2D eigenvalue weighted by atomic mass is 9.79. The molecule has 222 valence electrons. The van der Waals surface area contributed by atoms with E-state index < -0.39 is 53.7 Å². The van der Waals surface area contributed by atoms with Crippen LogP contribution < -0.4 is 21.7 Å². The van der Waals surface area contributed by atoms with E-state index in [1.165, 1.54) is 10.6 Å². The summed E-state index contributed by atoms with van der Waals surface area (Å²) in [6.45, 7) is 13.5. The van der Waals surface area contributed by atoms with E-state index in [0.29, 0.717) is 17.4 Å². The normalized spacial score (nSPS) is 17.1. The molecular weight excluding hydrogens is 527 g/mol. The first-order chi connectivity index (χ1) is 19.1. The number of carbonyl (C=O) groups is 3. The number of nitrogens with zero attached hydrogens (tertiary/aromatic N) is 2. The summed E-state index contributed by atoms with van der Waals surface area (Å²) in [6.07, 6.45) is 4.88. The van der Waals surface area contributed by atoms with Crippen molar-refractivity contribution in [1.29, 1.82) is 0 Å². The van der Waals surface area contributed by atoms with Crippen LogP contribution >= 0.6 is 0 Å². The highest BCUT2D eigenvalue weighted by Crippen LogP contribution is 2.36. The number of pyridine rings is 2. The second-order valence-corrected chi connectivity index (χ2v) is 11.7. The van der Waals surface area contributed by atoms with Crippen molar-refractivity contribution >= 4 is 30.4 Å². The Labute approximate surface area is 241 Å². The van der Waals surface area contributed by atoms with Crippen LogP contribution in [-0.2, 0) is 30.7 Å². The van der Waals surface area contributed by atoms with Crippen molar-refractivity contribution in [3.8, 4) is 0 Å². The summed E-state index contributed by atoms with van der Waals surface area (Å²) < 4.78 is 18.8. The van der Waals surface area contributed by atoms with E-state index in [1.807, 2.05) is 41.5 Å². The molecule has 3 rings (SSSR count). The number of hydrogen-bond acceptors (Lipinski definition) is 8. The smallest absolute Gasteiger partial charge is 0.466 e. The van der Waals surface area contributed by atoms with Crippen LogP contribution in [-0.4, -0.2) is 58.3 Å². The van der Waals surface area contributed by atoms with Gasteiger partial charge in [-0.25, -0.2) is 0 Å². The summed E-state index contributed by atoms with van der Waals surface area (Å²) in [4.78, 5) is 56.0. The molecule has 12 heteroatoms. The molecular formula is C29H41BN4O7. The fourth-order valence-electron chi connectivity index (χ4n) is 4.40. The van der Waals surface area contributed by atoms with Crippen LogP contribution in [0.15, 0.2) is 41.6 Å². The number of ether oxygens (including phenoxy) is 1. The van der Waals surface area contributed by atoms with Gasteiger partial charge in [0.25, 0.3) is 11.5 Å². The molecule has 11 nitrogen and oxygen atoms in total. The first kappa shape index (κ1) is 32.0. The molecule has 0 saturated carbocycles. The van der Waals surface area contributed by atoms with Gasteiger partial charge in [-0.2, -0.15) is 0 Å². The Hall–Kier alpha value is -3.51. The van der Waals surface area contributed by atoms with E-state index in [2.05, 4.69) is 15.6 Å². The zero-order valence-electron chi connectivity index (χ0n) is 25.1. The van der Waals surface area contributed by atoms with E-state index in [0.717, 1.165) is 0 Å². The van der Waals surface area contributed by atoms with Crippen molar-refractivity contribution in [3.05, 3.63) is 58.3 Å². The maximum absolute atomic E-state index is 13.6. The third kappa shape index (κ3) is 7.83. The van der Waals surface area contributed by atoms with Crippen LogP contribution in [0.25, 0.3) is 0 Å². The van der Waals surface area contributed by atoms with Gasteiger partial charge in [-0.05, 0) is 64.7 Å². The van der Waals surface area contributed by atoms with Gasteiger partial charge in [-0.3, -0.25) is 24.2 Å². The van der Waals surface area contributed by atoms with Crippen molar-refractivity contribution < 1.29 is 28.4 Å². The van der Waals surface area contributed by atoms with Crippen LogP contribution in [0.3, 0.4) is 0 Å². The Kier molecular flexibility index (Phi) is 10.1. The topological polar surface area (TPSA) is 138 Å². The van der Waals surface area contributed by atoms with Gasteiger partial charge >= 0.3 is 13.1 Å². The number of aromatic nitrogens is 2. The number of aryl methyl sites for hydroxylation is 1. The van der Waals surface area contributed by atoms with E-state index in [9.17, 15) is 19.2 Å². The highest BCUT2D eigenvalue weighted by atomic mass is 16.7. The van der Waals surface area contributed by atoms with E-state index in [4.69, 9.17) is 14.0 Å². The van der Waals surface area contributed by atoms with Gasteiger partial charge in [0.05, 0.1) is 30.3 Å². The molecule has 0 spiro atoms. The van der Waals surface area contributed by atoms with E-state index in [-0.39, 0.29) is 24.5 Å². The Morgan fingerprint density at radius 1 is 1.10 bits per heavy atom. The van der Waals surface area contributed by atoms with Gasteiger partial charge in [0.1, 0.15) is 11.6 Å². The second-order valence-electron chi connectivity index (χ2n) is 11.7. The van der Waals surface area contributed by atoms with Crippen molar-refractivity contribution in [2.45, 2.75) is 84.6 Å². The lowest BCUT2D eigenvalue weighted by Crippen LogP contribution is -2.49. The zero-order chi connectivity index (χ0) is 30.5. The summed E-state index contributed by atoms with van der Waals surface area (Å²) >= 11 is 0. The number of amides is 2. The minimum Gasteiger partial charge on any atom is -0.466 e. The predicted molar refractivity (Wildman–Crippen MR) is 154 cm³/mol. The Morgan fingerprint density at radius 2 is 1.76 bits per heavy atom. The Morgan fingerprint density at radius 3 is 2.37 bits per heavy atom.